The van der Waals surface area contributed by atoms with Gasteiger partial charge in [0.25, 0.3) is 31.9 Å². The van der Waals surface area contributed by atoms with Crippen LogP contribution in [0.2, 0.25) is 0 Å². The molecule has 1 aliphatic carbocycles. The number of ether oxygens (including phenoxy) is 7. The number of sulfonamides is 2. The van der Waals surface area contributed by atoms with Gasteiger partial charge in [0.05, 0.1) is 49.4 Å². The Morgan fingerprint density at radius 3 is 0.894 bits per heavy atom. The first-order valence-corrected chi connectivity index (χ1v) is 32.0. The molecule has 0 saturated carbocycles. The van der Waals surface area contributed by atoms with Gasteiger partial charge in [-0.05, 0) is 113 Å². The Morgan fingerprint density at radius 2 is 0.635 bits per heavy atom. The number of amides is 2. The monoisotopic (exact) mass is 1200 g/mol. The molecule has 1 aliphatic heterocycles. The molecule has 1 heterocycles. The van der Waals surface area contributed by atoms with Crippen molar-refractivity contribution in [1.82, 2.24) is 9.44 Å². The van der Waals surface area contributed by atoms with Crippen molar-refractivity contribution in [1.29, 1.82) is 0 Å². The van der Waals surface area contributed by atoms with Crippen LogP contribution in [-0.2, 0) is 91.2 Å². The first-order chi connectivity index (χ1) is 40.0. The van der Waals surface area contributed by atoms with Gasteiger partial charge in [0, 0.05) is 25.7 Å². The highest BCUT2D eigenvalue weighted by atomic mass is 32.2. The van der Waals surface area contributed by atoms with Crippen LogP contribution in [0.5, 0.6) is 23.0 Å². The quantitative estimate of drug-likeness (QED) is 0.132. The Morgan fingerprint density at radius 1 is 0.388 bits per heavy atom. The highest BCUT2D eigenvalue weighted by Gasteiger charge is 2.31. The zero-order chi connectivity index (χ0) is 61.5. The molecule has 0 fully saturated rings. The average Bonchev–Trinajstić information content (AvgIpc) is 1.80. The predicted octanol–water partition coefficient (Wildman–Crippen LogP) is 11.1. The summed E-state index contributed by atoms with van der Waals surface area (Å²) in [7, 11) is -8.49. The van der Waals surface area contributed by atoms with Crippen LogP contribution in [0.1, 0.15) is 150 Å². The zero-order valence-electron chi connectivity index (χ0n) is 51.4. The van der Waals surface area contributed by atoms with E-state index in [-0.39, 0.29) is 61.9 Å². The summed E-state index contributed by atoms with van der Waals surface area (Å²) < 4.78 is 104. The third kappa shape index (κ3) is 16.8. The molecule has 0 radical (unpaired) electrons. The van der Waals surface area contributed by atoms with E-state index in [4.69, 9.17) is 33.2 Å². The minimum atomic E-state index is -4.25. The molecule has 0 saturated heterocycles. The number of nitrogens with one attached hydrogen (secondary N) is 2. The van der Waals surface area contributed by atoms with E-state index < -0.39 is 66.7 Å². The van der Waals surface area contributed by atoms with Crippen molar-refractivity contribution in [2.24, 2.45) is 0 Å². The molecule has 0 spiro atoms. The molecule has 456 valence electrons. The summed E-state index contributed by atoms with van der Waals surface area (Å²) in [5.74, 6) is 0.268. The second kappa shape index (κ2) is 26.5. The number of rotatable bonds is 10. The van der Waals surface area contributed by atoms with Crippen molar-refractivity contribution >= 4 is 31.9 Å². The van der Waals surface area contributed by atoms with Gasteiger partial charge < -0.3 is 33.2 Å². The van der Waals surface area contributed by atoms with Crippen LogP contribution in [0, 0.1) is 0 Å². The molecule has 6 aromatic rings. The lowest BCUT2D eigenvalue weighted by atomic mass is 9.79. The first kappa shape index (κ1) is 64.2. The lowest BCUT2D eigenvalue weighted by molar-refractivity contribution is -0.122. The average molecular weight is 1200 g/mol. The van der Waals surface area contributed by atoms with Crippen molar-refractivity contribution in [3.05, 3.63) is 176 Å². The fourth-order valence-corrected chi connectivity index (χ4v) is 12.2. The van der Waals surface area contributed by atoms with Gasteiger partial charge in [-0.1, -0.05) is 168 Å². The fourth-order valence-electron chi connectivity index (χ4n) is 10.3. The largest absolute Gasteiger partial charge is 0.491 e. The fraction of sp³-hybridized carbons (Fsp3) is 0.441. The topological polar surface area (TPSA) is 191 Å². The van der Waals surface area contributed by atoms with E-state index in [2.05, 4.69) is 141 Å². The molecule has 0 unspecified atom stereocenters. The maximum absolute atomic E-state index is 14.0. The van der Waals surface area contributed by atoms with Crippen molar-refractivity contribution in [3.8, 4) is 23.0 Å². The van der Waals surface area contributed by atoms with Crippen molar-refractivity contribution in [2.75, 3.05) is 66.1 Å². The number of benzene rings is 6. The highest BCUT2D eigenvalue weighted by molar-refractivity contribution is 7.90. The summed E-state index contributed by atoms with van der Waals surface area (Å²) >= 11 is 0. The maximum Gasteiger partial charge on any atom is 0.271 e. The second-order valence-electron chi connectivity index (χ2n) is 26.0. The Labute approximate surface area is 503 Å². The number of fused-ring (bicyclic) bond motifs is 2. The van der Waals surface area contributed by atoms with Gasteiger partial charge in [0.2, 0.25) is 0 Å². The Balaban J connectivity index is 1.43. The van der Waals surface area contributed by atoms with Crippen LogP contribution in [0.3, 0.4) is 0 Å². The molecule has 10 bridgehead atoms. The van der Waals surface area contributed by atoms with Gasteiger partial charge in [-0.25, -0.2) is 26.3 Å². The molecule has 0 aromatic heterocycles. The van der Waals surface area contributed by atoms with Crippen LogP contribution >= 0.6 is 0 Å². The van der Waals surface area contributed by atoms with E-state index in [0.717, 1.165) is 66.8 Å². The lowest BCUT2D eigenvalue weighted by Crippen LogP contribution is -2.34. The third-order valence-electron chi connectivity index (χ3n) is 14.9. The zero-order valence-corrected chi connectivity index (χ0v) is 53.0. The molecule has 2 N–H and O–H groups in total. The smallest absolute Gasteiger partial charge is 0.271 e. The van der Waals surface area contributed by atoms with E-state index in [1.807, 2.05) is 0 Å². The molecular formula is C68H84N2O13S2. The molecule has 6 aromatic carbocycles. The minimum absolute atomic E-state index is 0.0582. The summed E-state index contributed by atoms with van der Waals surface area (Å²) in [6.07, 6.45) is 0.936. The molecule has 8 rings (SSSR count). The normalized spacial score (nSPS) is 15.2. The van der Waals surface area contributed by atoms with Crippen LogP contribution in [0.25, 0.3) is 0 Å². The second-order valence-corrected chi connectivity index (χ2v) is 29.4. The van der Waals surface area contributed by atoms with Crippen molar-refractivity contribution < 1.29 is 59.6 Å². The maximum atomic E-state index is 14.0. The molecule has 85 heavy (non-hydrogen) atoms. The molecule has 15 nitrogen and oxygen atoms in total. The van der Waals surface area contributed by atoms with E-state index in [0.29, 0.717) is 49.4 Å². The first-order valence-electron chi connectivity index (χ1n) is 29.1. The third-order valence-corrected chi connectivity index (χ3v) is 17.7. The number of hydrogen-bond donors (Lipinski definition) is 2. The molecule has 0 atom stereocenters. The SMILES string of the molecule is CC(C)(C)c1cc2c3c(c1)Cc1cc(C(C)(C)C)cc(c1OCC(=O)NS(=O)(=O)c1ccccc1)Cc1cc(C(C)(C)C)cc(c1OCCOCCOCCOCCO3)Cc1cc(C(C)(C)C)cc(c1OCC(=O)NS(=O)(=O)c1ccccc1)C2. The summed E-state index contributed by atoms with van der Waals surface area (Å²) in [5.41, 5.74) is 8.53. The lowest BCUT2D eigenvalue weighted by Gasteiger charge is -2.29. The van der Waals surface area contributed by atoms with E-state index >= 15 is 0 Å². The van der Waals surface area contributed by atoms with Crippen LogP contribution in [0.15, 0.2) is 119 Å². The van der Waals surface area contributed by atoms with Crippen LogP contribution < -0.4 is 28.4 Å². The van der Waals surface area contributed by atoms with E-state index in [9.17, 15) is 26.4 Å². The predicted molar refractivity (Wildman–Crippen MR) is 330 cm³/mol. The van der Waals surface area contributed by atoms with Gasteiger partial charge >= 0.3 is 0 Å². The summed E-state index contributed by atoms with van der Waals surface area (Å²) in [6.45, 7) is 26.6. The van der Waals surface area contributed by atoms with Gasteiger partial charge in [-0.2, -0.15) is 0 Å². The standard InChI is InChI=1S/C68H84N2O13S2/c1-65(2,3)53-35-45-31-49-39-55(67(7,8)9)41-51(63(49)82-43-59(71)69-84(73,74)57-19-15-13-16-20-57)33-47-37-54(66(4,5)6)38-48-34-52-42-56(68(10,11)12)40-50(64(52)83-44-60(72)70-85(75,76)58-21-17-14-18-22-58)32-46(36-53)61(45)80-29-27-78-25-23-77-24-26-79-28-30-81-62(47)48/h13-22,35-42H,23-34,43-44H2,1-12H3,(H,69,71)(H,70,72). The Bertz CT molecular complexity index is 3260. The van der Waals surface area contributed by atoms with Gasteiger partial charge in [-0.15, -0.1) is 0 Å². The van der Waals surface area contributed by atoms with Crippen molar-refractivity contribution in [2.45, 2.75) is 140 Å². The van der Waals surface area contributed by atoms with E-state index in [1.54, 1.807) is 36.4 Å². The molecule has 17 heteroatoms. The Hall–Kier alpha value is -6.76. The summed E-state index contributed by atoms with van der Waals surface area (Å²) in [5, 5.41) is 0. The van der Waals surface area contributed by atoms with Crippen LogP contribution in [0.4, 0.5) is 0 Å². The van der Waals surface area contributed by atoms with Gasteiger partial charge in [-0.3, -0.25) is 9.59 Å². The number of hydrogen-bond acceptors (Lipinski definition) is 13. The molecule has 2 amide bonds. The number of carbonyl (C=O) groups excluding carboxylic acids is 2. The summed E-state index contributed by atoms with van der Waals surface area (Å²) in [4.78, 5) is 27.9. The molecule has 2 aliphatic rings. The minimum Gasteiger partial charge on any atom is -0.491 e. The van der Waals surface area contributed by atoms with Gasteiger partial charge in [0.1, 0.15) is 36.2 Å². The highest BCUT2D eigenvalue weighted by Crippen LogP contribution is 2.44. The Kier molecular flexibility index (Phi) is 20.0. The van der Waals surface area contributed by atoms with Crippen molar-refractivity contribution in [3.63, 3.8) is 0 Å². The van der Waals surface area contributed by atoms with Gasteiger partial charge in [0.15, 0.2) is 13.2 Å². The van der Waals surface area contributed by atoms with E-state index in [1.165, 1.54) is 24.3 Å². The number of carbonyl (C=O) groups is 2. The summed E-state index contributed by atoms with van der Waals surface area (Å²) in [6, 6.07) is 32.5. The van der Waals surface area contributed by atoms with Crippen LogP contribution in [-0.4, -0.2) is 94.7 Å². The molecular weight excluding hydrogens is 1120 g/mol.